The SMILES string of the molecule is CC(C)(C)N(C(=O)[O-])C(O)C(F)(F)F. The Morgan fingerprint density at radius 2 is 1.71 bits per heavy atom. The largest absolute Gasteiger partial charge is 0.530 e. The number of carboxylic acid groups (broad SMARTS) is 1. The van der Waals surface area contributed by atoms with E-state index in [0.717, 1.165) is 0 Å². The molecule has 0 saturated carbocycles. The van der Waals surface area contributed by atoms with E-state index in [1.54, 1.807) is 0 Å². The Morgan fingerprint density at radius 1 is 1.36 bits per heavy atom. The van der Waals surface area contributed by atoms with Gasteiger partial charge in [-0.1, -0.05) is 0 Å². The van der Waals surface area contributed by atoms with Crippen LogP contribution in [-0.2, 0) is 0 Å². The first-order chi connectivity index (χ1) is 5.98. The molecule has 0 radical (unpaired) electrons. The van der Waals surface area contributed by atoms with E-state index in [9.17, 15) is 23.1 Å². The van der Waals surface area contributed by atoms with Gasteiger partial charge in [-0.3, -0.25) is 0 Å². The first kappa shape index (κ1) is 13.0. The summed E-state index contributed by atoms with van der Waals surface area (Å²) in [5.74, 6) is 0. The molecule has 0 saturated heterocycles. The third-order valence-corrected chi connectivity index (χ3v) is 1.46. The summed E-state index contributed by atoms with van der Waals surface area (Å²) < 4.78 is 36.0. The summed E-state index contributed by atoms with van der Waals surface area (Å²) in [7, 11) is 0. The number of carbonyl (C=O) groups excluding carboxylic acids is 1. The van der Waals surface area contributed by atoms with E-state index in [4.69, 9.17) is 5.11 Å². The Balaban J connectivity index is 4.96. The molecule has 0 aromatic carbocycles. The van der Waals surface area contributed by atoms with Gasteiger partial charge in [0.15, 0.2) is 0 Å². The van der Waals surface area contributed by atoms with Crippen LogP contribution < -0.4 is 5.11 Å². The van der Waals surface area contributed by atoms with Crippen LogP contribution in [-0.4, -0.2) is 34.0 Å². The first-order valence-electron chi connectivity index (χ1n) is 3.73. The van der Waals surface area contributed by atoms with Crippen molar-refractivity contribution in [2.75, 3.05) is 0 Å². The minimum absolute atomic E-state index is 0.160. The Labute approximate surface area is 78.9 Å². The third-order valence-electron chi connectivity index (χ3n) is 1.46. The van der Waals surface area contributed by atoms with Gasteiger partial charge in [-0.05, 0) is 20.8 Å². The highest BCUT2D eigenvalue weighted by Crippen LogP contribution is 2.27. The molecule has 0 aliphatic rings. The molecule has 0 bridgehead atoms. The number of halogens is 3. The lowest BCUT2D eigenvalue weighted by molar-refractivity contribution is -0.310. The maximum absolute atomic E-state index is 12.0. The molecular weight excluding hydrogens is 203 g/mol. The molecule has 14 heavy (non-hydrogen) atoms. The van der Waals surface area contributed by atoms with E-state index in [1.165, 1.54) is 20.8 Å². The van der Waals surface area contributed by atoms with E-state index in [1.807, 2.05) is 0 Å². The number of hydrogen-bond donors (Lipinski definition) is 1. The second kappa shape index (κ2) is 3.64. The molecule has 84 valence electrons. The van der Waals surface area contributed by atoms with Gasteiger partial charge in [0.25, 0.3) is 0 Å². The fourth-order valence-corrected chi connectivity index (χ4v) is 0.887. The topological polar surface area (TPSA) is 63.6 Å². The monoisotopic (exact) mass is 214 g/mol. The molecule has 0 aliphatic heterocycles. The number of rotatable bonds is 1. The second-order valence-electron chi connectivity index (χ2n) is 3.72. The molecule has 1 atom stereocenters. The molecule has 0 fully saturated rings. The average molecular weight is 214 g/mol. The molecule has 1 unspecified atom stereocenters. The number of carbonyl (C=O) groups is 1. The molecule has 0 aliphatic carbocycles. The maximum Gasteiger partial charge on any atom is 0.433 e. The van der Waals surface area contributed by atoms with Gasteiger partial charge in [-0.2, -0.15) is 13.2 Å². The van der Waals surface area contributed by atoms with Crippen LogP contribution in [0.4, 0.5) is 18.0 Å². The Bertz CT molecular complexity index is 221. The third kappa shape index (κ3) is 3.06. The van der Waals surface area contributed by atoms with Gasteiger partial charge in [0, 0.05) is 5.54 Å². The van der Waals surface area contributed by atoms with E-state index in [0.29, 0.717) is 0 Å². The summed E-state index contributed by atoms with van der Waals surface area (Å²) in [5.41, 5.74) is -1.38. The normalized spacial score (nSPS) is 15.1. The standard InChI is InChI=1S/C7H12F3NO3/c1-6(2,3)11(5(13)14)4(12)7(8,9)10/h4,12H,1-3H3,(H,13,14)/p-1. The zero-order valence-corrected chi connectivity index (χ0v) is 7.92. The quantitative estimate of drug-likeness (QED) is 0.639. The number of alkyl halides is 3. The van der Waals surface area contributed by atoms with Crippen LogP contribution >= 0.6 is 0 Å². The predicted molar refractivity (Wildman–Crippen MR) is 39.0 cm³/mol. The summed E-state index contributed by atoms with van der Waals surface area (Å²) in [4.78, 5) is 10.2. The van der Waals surface area contributed by atoms with Crippen LogP contribution in [0.2, 0.25) is 0 Å². The number of nitrogens with zero attached hydrogens (tertiary/aromatic N) is 1. The molecule has 0 aromatic heterocycles. The molecular formula is C7H11F3NO3-. The molecule has 0 spiro atoms. The van der Waals surface area contributed by atoms with Crippen molar-refractivity contribution >= 4 is 6.09 Å². The van der Waals surface area contributed by atoms with Crippen LogP contribution in [0.3, 0.4) is 0 Å². The molecule has 4 nitrogen and oxygen atoms in total. The number of aliphatic hydroxyl groups excluding tert-OH is 1. The summed E-state index contributed by atoms with van der Waals surface area (Å²) in [5, 5.41) is 19.1. The molecule has 7 heteroatoms. The van der Waals surface area contributed by atoms with Crippen molar-refractivity contribution < 1.29 is 28.2 Å². The van der Waals surface area contributed by atoms with Crippen LogP contribution in [0, 0.1) is 0 Å². The van der Waals surface area contributed by atoms with Gasteiger partial charge in [0.05, 0.1) is 0 Å². The average Bonchev–Trinajstić information content (AvgIpc) is 1.79. The zero-order valence-electron chi connectivity index (χ0n) is 7.92. The molecule has 0 rings (SSSR count). The molecule has 1 N–H and O–H groups in total. The van der Waals surface area contributed by atoms with Crippen molar-refractivity contribution in [2.45, 2.75) is 38.7 Å². The van der Waals surface area contributed by atoms with E-state index < -0.39 is 24.0 Å². The highest BCUT2D eigenvalue weighted by atomic mass is 19.4. The predicted octanol–water partition coefficient (Wildman–Crippen LogP) is 0.311. The van der Waals surface area contributed by atoms with Gasteiger partial charge in [-0.15, -0.1) is 0 Å². The first-order valence-corrected chi connectivity index (χ1v) is 3.73. The summed E-state index contributed by atoms with van der Waals surface area (Å²) in [6, 6.07) is 0. The van der Waals surface area contributed by atoms with Crippen LogP contribution in [0.15, 0.2) is 0 Å². The zero-order chi connectivity index (χ0) is 11.7. The fourth-order valence-electron chi connectivity index (χ4n) is 0.887. The second-order valence-corrected chi connectivity index (χ2v) is 3.72. The minimum Gasteiger partial charge on any atom is -0.530 e. The lowest BCUT2D eigenvalue weighted by Crippen LogP contribution is -2.60. The highest BCUT2D eigenvalue weighted by molar-refractivity contribution is 5.63. The number of amides is 1. The molecule has 0 aromatic rings. The fraction of sp³-hybridized carbons (Fsp3) is 0.857. The smallest absolute Gasteiger partial charge is 0.433 e. The summed E-state index contributed by atoms with van der Waals surface area (Å²) >= 11 is 0. The van der Waals surface area contributed by atoms with Gasteiger partial charge in [0.1, 0.15) is 6.09 Å². The van der Waals surface area contributed by atoms with E-state index >= 15 is 0 Å². The Morgan fingerprint density at radius 3 is 1.79 bits per heavy atom. The van der Waals surface area contributed by atoms with E-state index in [-0.39, 0.29) is 4.90 Å². The van der Waals surface area contributed by atoms with E-state index in [2.05, 4.69) is 0 Å². The number of hydrogen-bond acceptors (Lipinski definition) is 3. The van der Waals surface area contributed by atoms with Gasteiger partial charge in [-0.25, -0.2) is 0 Å². The van der Waals surface area contributed by atoms with Crippen LogP contribution in [0.25, 0.3) is 0 Å². The van der Waals surface area contributed by atoms with Crippen molar-refractivity contribution in [3.8, 4) is 0 Å². The highest BCUT2D eigenvalue weighted by Gasteiger charge is 2.46. The van der Waals surface area contributed by atoms with Gasteiger partial charge in [0.2, 0.25) is 6.23 Å². The Kier molecular flexibility index (Phi) is 3.39. The summed E-state index contributed by atoms with van der Waals surface area (Å²) in [6.45, 7) is 3.66. The summed E-state index contributed by atoms with van der Waals surface area (Å²) in [6.07, 6.45) is -10.2. The molecule has 0 heterocycles. The molecule has 1 amide bonds. The van der Waals surface area contributed by atoms with Gasteiger partial charge >= 0.3 is 6.18 Å². The van der Waals surface area contributed by atoms with Crippen LogP contribution in [0.1, 0.15) is 20.8 Å². The van der Waals surface area contributed by atoms with Crippen molar-refractivity contribution in [1.29, 1.82) is 0 Å². The lowest BCUT2D eigenvalue weighted by Gasteiger charge is -2.41. The minimum atomic E-state index is -5.02. The Hall–Kier alpha value is -0.980. The number of aliphatic hydroxyl groups is 1. The van der Waals surface area contributed by atoms with Gasteiger partial charge < -0.3 is 19.9 Å². The van der Waals surface area contributed by atoms with Crippen LogP contribution in [0.5, 0.6) is 0 Å². The van der Waals surface area contributed by atoms with Crippen molar-refractivity contribution in [2.24, 2.45) is 0 Å². The van der Waals surface area contributed by atoms with Crippen molar-refractivity contribution in [1.82, 2.24) is 4.90 Å². The van der Waals surface area contributed by atoms with Crippen molar-refractivity contribution in [3.05, 3.63) is 0 Å². The van der Waals surface area contributed by atoms with Crippen molar-refractivity contribution in [3.63, 3.8) is 0 Å². The maximum atomic E-state index is 12.0. The lowest BCUT2D eigenvalue weighted by atomic mass is 10.1.